The molecule has 0 aromatic carbocycles. The average Bonchev–Trinajstić information content (AvgIpc) is 3.27. The van der Waals surface area contributed by atoms with Crippen LogP contribution in [0.1, 0.15) is 37.0 Å². The van der Waals surface area contributed by atoms with E-state index in [2.05, 4.69) is 21.7 Å². The number of carboxylic acid groups (broad SMARTS) is 1. The largest absolute Gasteiger partial charge is 0.490 e. The van der Waals surface area contributed by atoms with Crippen LogP contribution in [0.5, 0.6) is 0 Å². The molecule has 4 rings (SSSR count). The molecular weight excluding hydrogens is 409 g/mol. The van der Waals surface area contributed by atoms with Gasteiger partial charge in [0.1, 0.15) is 0 Å². The summed E-state index contributed by atoms with van der Waals surface area (Å²) in [7, 11) is 0. The fraction of sp³-hybridized carbons (Fsp3) is 0.684. The van der Waals surface area contributed by atoms with Gasteiger partial charge in [0, 0.05) is 30.6 Å². The van der Waals surface area contributed by atoms with E-state index in [0.29, 0.717) is 12.6 Å². The lowest BCUT2D eigenvalue weighted by molar-refractivity contribution is -0.192. The van der Waals surface area contributed by atoms with Crippen molar-refractivity contribution in [2.24, 2.45) is 5.41 Å². The molecular formula is C19H25F3N2O4S. The van der Waals surface area contributed by atoms with Crippen molar-refractivity contribution in [2.45, 2.75) is 57.0 Å². The quantitative estimate of drug-likeness (QED) is 0.762. The Hall–Kier alpha value is -1.65. The lowest BCUT2D eigenvalue weighted by Crippen LogP contribution is -2.59. The highest BCUT2D eigenvalue weighted by molar-refractivity contribution is 7.09. The number of nitrogens with one attached hydrogen (secondary N) is 1. The van der Waals surface area contributed by atoms with Crippen LogP contribution in [0.3, 0.4) is 0 Å². The lowest BCUT2D eigenvalue weighted by Gasteiger charge is -2.47. The zero-order chi connectivity index (χ0) is 21.1. The number of piperidine rings is 1. The minimum absolute atomic E-state index is 0.118. The number of nitrogens with zero attached hydrogens (tertiary/aromatic N) is 1. The first kappa shape index (κ1) is 22.0. The van der Waals surface area contributed by atoms with Crippen LogP contribution in [-0.4, -0.2) is 59.9 Å². The van der Waals surface area contributed by atoms with Gasteiger partial charge in [-0.2, -0.15) is 13.2 Å². The third-order valence-electron chi connectivity index (χ3n) is 5.94. The Balaban J connectivity index is 0.000000298. The number of fused-ring (bicyclic) bond motifs is 1. The number of ether oxygens (including phenoxy) is 1. The maximum absolute atomic E-state index is 13.0. The Kier molecular flexibility index (Phi) is 6.85. The van der Waals surface area contributed by atoms with E-state index in [1.165, 1.54) is 24.1 Å². The molecule has 2 N–H and O–H groups in total. The number of carbonyl (C=O) groups excluding carboxylic acids is 1. The zero-order valence-corrected chi connectivity index (χ0v) is 16.7. The second kappa shape index (κ2) is 9.01. The summed E-state index contributed by atoms with van der Waals surface area (Å²) >= 11 is 1.70. The van der Waals surface area contributed by atoms with Crippen molar-refractivity contribution in [3.05, 3.63) is 22.4 Å². The highest BCUT2D eigenvalue weighted by atomic mass is 32.1. The van der Waals surface area contributed by atoms with Crippen LogP contribution in [0.25, 0.3) is 0 Å². The minimum atomic E-state index is -5.08. The Morgan fingerprint density at radius 1 is 1.34 bits per heavy atom. The van der Waals surface area contributed by atoms with E-state index in [1.54, 1.807) is 11.3 Å². The second-order valence-corrected chi connectivity index (χ2v) is 8.71. The van der Waals surface area contributed by atoms with Gasteiger partial charge in [-0.15, -0.1) is 11.3 Å². The van der Waals surface area contributed by atoms with E-state index in [-0.39, 0.29) is 17.4 Å². The molecule has 2 atom stereocenters. The minimum Gasteiger partial charge on any atom is -0.475 e. The van der Waals surface area contributed by atoms with Crippen molar-refractivity contribution >= 4 is 23.2 Å². The van der Waals surface area contributed by atoms with Crippen molar-refractivity contribution < 1.29 is 32.6 Å². The van der Waals surface area contributed by atoms with Crippen molar-refractivity contribution in [3.63, 3.8) is 0 Å². The lowest BCUT2D eigenvalue weighted by atomic mass is 9.74. The van der Waals surface area contributed by atoms with Gasteiger partial charge < -0.3 is 15.2 Å². The number of hydrogen-bond donors (Lipinski definition) is 2. The van der Waals surface area contributed by atoms with Crippen molar-refractivity contribution in [1.82, 2.24) is 10.2 Å². The average molecular weight is 434 g/mol. The summed E-state index contributed by atoms with van der Waals surface area (Å²) in [6.07, 6.45) is 0.863. The van der Waals surface area contributed by atoms with E-state index in [4.69, 9.17) is 14.6 Å². The van der Waals surface area contributed by atoms with Crippen LogP contribution in [0, 0.1) is 5.41 Å². The Labute approximate surface area is 171 Å². The molecule has 3 fully saturated rings. The fourth-order valence-corrected chi connectivity index (χ4v) is 4.77. The number of carbonyl (C=O) groups is 2. The smallest absolute Gasteiger partial charge is 0.475 e. The summed E-state index contributed by atoms with van der Waals surface area (Å²) in [5, 5.41) is 12.4. The van der Waals surface area contributed by atoms with Crippen LogP contribution in [0.4, 0.5) is 13.2 Å². The van der Waals surface area contributed by atoms with Crippen LogP contribution in [0.2, 0.25) is 0 Å². The molecule has 0 radical (unpaired) electrons. The summed E-state index contributed by atoms with van der Waals surface area (Å²) in [6.45, 7) is 3.36. The van der Waals surface area contributed by atoms with Gasteiger partial charge >= 0.3 is 12.1 Å². The van der Waals surface area contributed by atoms with Crippen molar-refractivity contribution in [2.75, 3.05) is 19.7 Å². The molecule has 162 valence electrons. The molecule has 1 aromatic rings. The first-order valence-corrected chi connectivity index (χ1v) is 10.6. The number of halogens is 3. The maximum atomic E-state index is 13.0. The van der Waals surface area contributed by atoms with Gasteiger partial charge in [0.15, 0.2) is 0 Å². The molecule has 2 aliphatic heterocycles. The van der Waals surface area contributed by atoms with Crippen LogP contribution in [0.15, 0.2) is 17.5 Å². The first-order chi connectivity index (χ1) is 13.7. The molecule has 1 aromatic heterocycles. The number of alkyl halides is 3. The molecule has 0 bridgehead atoms. The third-order valence-corrected chi connectivity index (χ3v) is 6.81. The van der Waals surface area contributed by atoms with Crippen molar-refractivity contribution in [3.8, 4) is 0 Å². The normalized spacial score (nSPS) is 27.3. The molecule has 0 unspecified atom stereocenters. The fourth-order valence-electron chi connectivity index (χ4n) is 4.12. The molecule has 29 heavy (non-hydrogen) atoms. The monoisotopic (exact) mass is 434 g/mol. The number of rotatable bonds is 4. The Bertz CT molecular complexity index is 709. The highest BCUT2D eigenvalue weighted by Crippen LogP contribution is 2.43. The number of thiophene rings is 1. The number of carboxylic acids is 1. The topological polar surface area (TPSA) is 78.9 Å². The Morgan fingerprint density at radius 3 is 2.62 bits per heavy atom. The van der Waals surface area contributed by atoms with Gasteiger partial charge in [0.2, 0.25) is 5.91 Å². The van der Waals surface area contributed by atoms with Crippen LogP contribution < -0.4 is 5.32 Å². The van der Waals surface area contributed by atoms with Crippen LogP contribution in [-0.2, 0) is 20.9 Å². The molecule has 1 saturated carbocycles. The van der Waals surface area contributed by atoms with E-state index < -0.39 is 12.1 Å². The van der Waals surface area contributed by atoms with E-state index in [0.717, 1.165) is 32.5 Å². The molecule has 3 heterocycles. The first-order valence-electron chi connectivity index (χ1n) is 9.69. The molecule has 1 amide bonds. The second-order valence-electron chi connectivity index (χ2n) is 7.67. The predicted octanol–water partition coefficient (Wildman–Crippen LogP) is 3.03. The van der Waals surface area contributed by atoms with Gasteiger partial charge in [0.05, 0.1) is 18.1 Å². The SMILES string of the molecule is O=C(NCc1cccs1)[C@@]12CCO[C@@H]1CCN(C1CCC1)C2.O=C(O)C(F)(F)F. The number of aliphatic carboxylic acids is 1. The summed E-state index contributed by atoms with van der Waals surface area (Å²) < 4.78 is 37.6. The Morgan fingerprint density at radius 2 is 2.07 bits per heavy atom. The van der Waals surface area contributed by atoms with Gasteiger partial charge in [-0.05, 0) is 37.1 Å². The van der Waals surface area contributed by atoms with E-state index in [1.807, 2.05) is 6.07 Å². The number of hydrogen-bond acceptors (Lipinski definition) is 5. The van der Waals surface area contributed by atoms with Crippen molar-refractivity contribution in [1.29, 1.82) is 0 Å². The summed E-state index contributed by atoms with van der Waals surface area (Å²) in [4.78, 5) is 25.6. The molecule has 2 saturated heterocycles. The molecule has 3 aliphatic rings. The molecule has 0 spiro atoms. The molecule has 10 heteroatoms. The highest BCUT2D eigenvalue weighted by Gasteiger charge is 2.54. The summed E-state index contributed by atoms with van der Waals surface area (Å²) in [5.41, 5.74) is -0.314. The van der Waals surface area contributed by atoms with E-state index in [9.17, 15) is 18.0 Å². The summed E-state index contributed by atoms with van der Waals surface area (Å²) in [5.74, 6) is -2.56. The van der Waals surface area contributed by atoms with Gasteiger partial charge in [0.25, 0.3) is 0 Å². The third kappa shape index (κ3) is 5.10. The maximum Gasteiger partial charge on any atom is 0.490 e. The number of likely N-dealkylation sites (tertiary alicyclic amines) is 1. The zero-order valence-electron chi connectivity index (χ0n) is 15.9. The number of amides is 1. The van der Waals surface area contributed by atoms with Crippen LogP contribution >= 0.6 is 11.3 Å². The van der Waals surface area contributed by atoms with Gasteiger partial charge in [-0.25, -0.2) is 4.79 Å². The summed E-state index contributed by atoms with van der Waals surface area (Å²) in [6, 6.07) is 4.82. The van der Waals surface area contributed by atoms with Gasteiger partial charge in [-0.1, -0.05) is 12.5 Å². The molecule has 1 aliphatic carbocycles. The van der Waals surface area contributed by atoms with E-state index >= 15 is 0 Å². The standard InChI is InChI=1S/C17H24N2O2S.C2HF3O2/c20-16(18-11-14-5-2-10-22-14)17-7-9-21-15(17)6-8-19(12-17)13-3-1-4-13;3-2(4,5)1(6)7/h2,5,10,13,15H,1,3-4,6-9,11-12H2,(H,18,20);(H,6,7)/t15-,17-;/m1./s1. The predicted molar refractivity (Wildman–Crippen MR) is 100 cm³/mol. The molecule has 6 nitrogen and oxygen atoms in total. The van der Waals surface area contributed by atoms with Gasteiger partial charge in [-0.3, -0.25) is 9.69 Å².